The summed E-state index contributed by atoms with van der Waals surface area (Å²) >= 11 is 3.28. The number of carbonyl (C=O) groups excluding carboxylic acids is 2. The van der Waals surface area contributed by atoms with E-state index in [1.165, 1.54) is 25.3 Å². The molecule has 2 N–H and O–H groups in total. The summed E-state index contributed by atoms with van der Waals surface area (Å²) < 4.78 is 35.3. The zero-order valence-electron chi connectivity index (χ0n) is 13.6. The molecule has 0 saturated carbocycles. The molecule has 0 unspecified atom stereocenters. The first-order chi connectivity index (χ1) is 12.4. The predicted octanol–water partition coefficient (Wildman–Crippen LogP) is 3.43. The Labute approximate surface area is 156 Å². The number of benzene rings is 2. The molecule has 0 atom stereocenters. The van der Waals surface area contributed by atoms with Crippen molar-refractivity contribution in [2.24, 2.45) is 0 Å². The predicted molar refractivity (Wildman–Crippen MR) is 94.7 cm³/mol. The van der Waals surface area contributed by atoms with Crippen molar-refractivity contribution in [1.29, 1.82) is 0 Å². The fourth-order valence-electron chi connectivity index (χ4n) is 2.06. The van der Waals surface area contributed by atoms with Crippen LogP contribution >= 0.6 is 15.9 Å². The van der Waals surface area contributed by atoms with Crippen LogP contribution in [0.1, 0.15) is 10.4 Å². The van der Waals surface area contributed by atoms with E-state index in [9.17, 15) is 18.4 Å². The van der Waals surface area contributed by atoms with E-state index in [2.05, 4.69) is 31.3 Å². The molecule has 0 spiro atoms. The lowest BCUT2D eigenvalue weighted by atomic mass is 10.1. The van der Waals surface area contributed by atoms with Gasteiger partial charge in [0.25, 0.3) is 5.91 Å². The number of hydrogen-bond acceptors (Lipinski definition) is 4. The maximum atomic E-state index is 12.6. The lowest BCUT2D eigenvalue weighted by Gasteiger charge is -2.14. The Morgan fingerprint density at radius 2 is 1.85 bits per heavy atom. The highest BCUT2D eigenvalue weighted by Gasteiger charge is 2.20. The molecule has 6 nitrogen and oxygen atoms in total. The summed E-state index contributed by atoms with van der Waals surface area (Å²) in [6.45, 7) is -3.47. The van der Waals surface area contributed by atoms with Crippen LogP contribution in [-0.4, -0.2) is 32.1 Å². The van der Waals surface area contributed by atoms with Crippen molar-refractivity contribution in [1.82, 2.24) is 5.32 Å². The van der Waals surface area contributed by atoms with Crippen molar-refractivity contribution in [3.63, 3.8) is 0 Å². The standard InChI is InChI=1S/C17H15BrF2N2O4/c1-25-13-4-2-3-12(15(13)26-17(19)20)16(24)21-9-14(23)22-11-7-5-10(18)6-8-11/h2-8,17H,9H2,1H3,(H,21,24)(H,22,23). The SMILES string of the molecule is COc1cccc(C(=O)NCC(=O)Nc2ccc(Br)cc2)c1OC(F)F. The van der Waals surface area contributed by atoms with E-state index in [0.717, 1.165) is 4.47 Å². The topological polar surface area (TPSA) is 76.7 Å². The van der Waals surface area contributed by atoms with Crippen molar-refractivity contribution in [2.45, 2.75) is 6.61 Å². The lowest BCUT2D eigenvalue weighted by Crippen LogP contribution is -2.33. The van der Waals surface area contributed by atoms with E-state index in [0.29, 0.717) is 5.69 Å². The highest BCUT2D eigenvalue weighted by molar-refractivity contribution is 9.10. The second-order valence-electron chi connectivity index (χ2n) is 4.95. The molecule has 2 aromatic carbocycles. The van der Waals surface area contributed by atoms with Gasteiger partial charge in [0.15, 0.2) is 11.5 Å². The molecule has 0 bridgehead atoms. The van der Waals surface area contributed by atoms with Crippen molar-refractivity contribution in [2.75, 3.05) is 19.0 Å². The highest BCUT2D eigenvalue weighted by Crippen LogP contribution is 2.32. The molecule has 2 aromatic rings. The summed E-state index contributed by atoms with van der Waals surface area (Å²) in [5.74, 6) is -1.63. The summed E-state index contributed by atoms with van der Waals surface area (Å²) in [5.41, 5.74) is 0.386. The van der Waals surface area contributed by atoms with E-state index in [4.69, 9.17) is 4.74 Å². The Bertz CT molecular complexity index is 785. The van der Waals surface area contributed by atoms with Crippen LogP contribution in [0.5, 0.6) is 11.5 Å². The van der Waals surface area contributed by atoms with Crippen LogP contribution in [0, 0.1) is 0 Å². The molecule has 0 aliphatic carbocycles. The molecule has 0 aliphatic heterocycles. The molecule has 2 rings (SSSR count). The van der Waals surface area contributed by atoms with Gasteiger partial charge in [-0.05, 0) is 36.4 Å². The Morgan fingerprint density at radius 1 is 1.15 bits per heavy atom. The smallest absolute Gasteiger partial charge is 0.387 e. The number of halogens is 3. The molecule has 0 radical (unpaired) electrons. The monoisotopic (exact) mass is 428 g/mol. The van der Waals surface area contributed by atoms with E-state index in [1.807, 2.05) is 0 Å². The lowest BCUT2D eigenvalue weighted by molar-refractivity contribution is -0.115. The largest absolute Gasteiger partial charge is 0.493 e. The van der Waals surface area contributed by atoms with Crippen molar-refractivity contribution in [3.8, 4) is 11.5 Å². The van der Waals surface area contributed by atoms with E-state index in [-0.39, 0.29) is 17.9 Å². The van der Waals surface area contributed by atoms with Gasteiger partial charge in [0, 0.05) is 10.2 Å². The Kier molecular flexibility index (Phi) is 6.90. The Morgan fingerprint density at radius 3 is 2.46 bits per heavy atom. The minimum absolute atomic E-state index is 0.0164. The third-order valence-electron chi connectivity index (χ3n) is 3.19. The van der Waals surface area contributed by atoms with Gasteiger partial charge < -0.3 is 20.1 Å². The molecule has 0 fully saturated rings. The minimum Gasteiger partial charge on any atom is -0.493 e. The number of ether oxygens (including phenoxy) is 2. The van der Waals surface area contributed by atoms with E-state index < -0.39 is 24.2 Å². The van der Waals surface area contributed by atoms with Gasteiger partial charge >= 0.3 is 6.61 Å². The molecule has 2 amide bonds. The number of amides is 2. The highest BCUT2D eigenvalue weighted by atomic mass is 79.9. The third-order valence-corrected chi connectivity index (χ3v) is 3.72. The van der Waals surface area contributed by atoms with Gasteiger partial charge in [-0.15, -0.1) is 0 Å². The maximum Gasteiger partial charge on any atom is 0.387 e. The normalized spacial score (nSPS) is 10.3. The first kappa shape index (κ1) is 19.6. The number of para-hydroxylation sites is 1. The number of methoxy groups -OCH3 is 1. The van der Waals surface area contributed by atoms with Crippen molar-refractivity contribution in [3.05, 3.63) is 52.5 Å². The zero-order valence-corrected chi connectivity index (χ0v) is 15.2. The number of nitrogens with one attached hydrogen (secondary N) is 2. The average Bonchev–Trinajstić information content (AvgIpc) is 2.61. The van der Waals surface area contributed by atoms with Crippen LogP contribution in [0.15, 0.2) is 46.9 Å². The Balaban J connectivity index is 2.03. The molecule has 0 saturated heterocycles. The van der Waals surface area contributed by atoms with E-state index in [1.54, 1.807) is 24.3 Å². The Hall–Kier alpha value is -2.68. The van der Waals surface area contributed by atoms with Gasteiger partial charge in [-0.2, -0.15) is 8.78 Å². The molecule has 26 heavy (non-hydrogen) atoms. The second-order valence-corrected chi connectivity index (χ2v) is 5.87. The molecule has 138 valence electrons. The number of hydrogen-bond donors (Lipinski definition) is 2. The van der Waals surface area contributed by atoms with Crippen LogP contribution in [-0.2, 0) is 4.79 Å². The van der Waals surface area contributed by atoms with Crippen LogP contribution in [0.25, 0.3) is 0 Å². The number of anilines is 1. The van der Waals surface area contributed by atoms with Crippen LogP contribution in [0.4, 0.5) is 14.5 Å². The fourth-order valence-corrected chi connectivity index (χ4v) is 2.32. The second kappa shape index (κ2) is 9.14. The summed E-state index contributed by atoms with van der Waals surface area (Å²) in [6, 6.07) is 11.0. The summed E-state index contributed by atoms with van der Waals surface area (Å²) in [5, 5.41) is 4.95. The number of alkyl halides is 2. The van der Waals surface area contributed by atoms with Crippen LogP contribution < -0.4 is 20.1 Å². The molecule has 0 heterocycles. The van der Waals surface area contributed by atoms with Crippen molar-refractivity contribution < 1.29 is 27.8 Å². The first-order valence-electron chi connectivity index (χ1n) is 7.36. The van der Waals surface area contributed by atoms with Gasteiger partial charge in [-0.1, -0.05) is 22.0 Å². The van der Waals surface area contributed by atoms with Crippen LogP contribution in [0.2, 0.25) is 0 Å². The third kappa shape index (κ3) is 5.41. The molecular weight excluding hydrogens is 414 g/mol. The van der Waals surface area contributed by atoms with Gasteiger partial charge in [0.1, 0.15) is 0 Å². The summed E-state index contributed by atoms with van der Waals surface area (Å²) in [6.07, 6.45) is 0. The van der Waals surface area contributed by atoms with Gasteiger partial charge in [-0.3, -0.25) is 9.59 Å². The van der Waals surface area contributed by atoms with Gasteiger partial charge in [0.05, 0.1) is 19.2 Å². The van der Waals surface area contributed by atoms with Gasteiger partial charge in [-0.25, -0.2) is 0 Å². The van der Waals surface area contributed by atoms with E-state index >= 15 is 0 Å². The zero-order chi connectivity index (χ0) is 19.1. The molecule has 9 heteroatoms. The van der Waals surface area contributed by atoms with Gasteiger partial charge in [0.2, 0.25) is 5.91 Å². The summed E-state index contributed by atoms with van der Waals surface area (Å²) in [7, 11) is 1.26. The van der Waals surface area contributed by atoms with Crippen molar-refractivity contribution >= 4 is 33.4 Å². The molecule has 0 aromatic heterocycles. The maximum absolute atomic E-state index is 12.6. The number of rotatable bonds is 7. The first-order valence-corrected chi connectivity index (χ1v) is 8.15. The molecular formula is C17H15BrF2N2O4. The van der Waals surface area contributed by atoms with Crippen LogP contribution in [0.3, 0.4) is 0 Å². The molecule has 0 aliphatic rings. The quantitative estimate of drug-likeness (QED) is 0.708. The summed E-state index contributed by atoms with van der Waals surface area (Å²) in [4.78, 5) is 24.1. The number of carbonyl (C=O) groups is 2. The minimum atomic E-state index is -3.13. The average molecular weight is 429 g/mol. The fraction of sp³-hybridized carbons (Fsp3) is 0.176.